The number of sulfonamides is 1. The van der Waals surface area contributed by atoms with Crippen molar-refractivity contribution < 1.29 is 8.42 Å². The van der Waals surface area contributed by atoms with E-state index in [2.05, 4.69) is 6.92 Å². The van der Waals surface area contributed by atoms with Crippen molar-refractivity contribution in [3.8, 4) is 0 Å². The molecule has 4 nitrogen and oxygen atoms in total. The van der Waals surface area contributed by atoms with E-state index < -0.39 is 10.0 Å². The van der Waals surface area contributed by atoms with Gasteiger partial charge < -0.3 is 5.73 Å². The normalized spacial score (nSPS) is 18.6. The fraction of sp³-hybridized carbons (Fsp3) is 0.571. The van der Waals surface area contributed by atoms with Gasteiger partial charge >= 0.3 is 0 Å². The summed E-state index contributed by atoms with van der Waals surface area (Å²) in [6.45, 7) is 3.17. The number of benzene rings is 1. The van der Waals surface area contributed by atoms with Crippen molar-refractivity contribution >= 4 is 10.0 Å². The van der Waals surface area contributed by atoms with Gasteiger partial charge in [-0.05, 0) is 37.0 Å². The summed E-state index contributed by atoms with van der Waals surface area (Å²) in [5, 5.41) is 0. The molecule has 1 aromatic carbocycles. The SMILES string of the molecule is CCCc1ccc(S(=O)(=O)N2CCC(N)CC2)cc1. The second-order valence-electron chi connectivity index (χ2n) is 5.14. The summed E-state index contributed by atoms with van der Waals surface area (Å²) in [5.74, 6) is 0. The highest BCUT2D eigenvalue weighted by atomic mass is 32.2. The largest absolute Gasteiger partial charge is 0.328 e. The van der Waals surface area contributed by atoms with Crippen molar-refractivity contribution in [1.29, 1.82) is 0 Å². The number of hydrogen-bond acceptors (Lipinski definition) is 3. The third-order valence-corrected chi connectivity index (χ3v) is 5.51. The summed E-state index contributed by atoms with van der Waals surface area (Å²) in [7, 11) is -3.34. The smallest absolute Gasteiger partial charge is 0.243 e. The number of rotatable bonds is 4. The Bertz CT molecular complexity index is 503. The Morgan fingerprint density at radius 2 is 1.79 bits per heavy atom. The van der Waals surface area contributed by atoms with Gasteiger partial charge in [-0.2, -0.15) is 4.31 Å². The summed E-state index contributed by atoms with van der Waals surface area (Å²) >= 11 is 0. The van der Waals surface area contributed by atoms with Gasteiger partial charge in [-0.25, -0.2) is 8.42 Å². The Labute approximate surface area is 115 Å². The molecule has 0 amide bonds. The van der Waals surface area contributed by atoms with Crippen LogP contribution in [0.5, 0.6) is 0 Å². The van der Waals surface area contributed by atoms with Crippen LogP contribution in [0.2, 0.25) is 0 Å². The molecule has 1 aliphatic rings. The Morgan fingerprint density at radius 3 is 2.32 bits per heavy atom. The minimum absolute atomic E-state index is 0.137. The Hall–Kier alpha value is -0.910. The first kappa shape index (κ1) is 14.5. The van der Waals surface area contributed by atoms with Crippen molar-refractivity contribution in [3.63, 3.8) is 0 Å². The highest BCUT2D eigenvalue weighted by Gasteiger charge is 2.27. The van der Waals surface area contributed by atoms with Crippen LogP contribution < -0.4 is 5.73 Å². The summed E-state index contributed by atoms with van der Waals surface area (Å²) in [6.07, 6.45) is 3.54. The molecule has 0 radical (unpaired) electrons. The summed E-state index contributed by atoms with van der Waals surface area (Å²) in [6, 6.07) is 7.39. The molecule has 0 saturated carbocycles. The topological polar surface area (TPSA) is 63.4 Å². The number of hydrogen-bond donors (Lipinski definition) is 1. The van der Waals surface area contributed by atoms with Crippen molar-refractivity contribution in [2.75, 3.05) is 13.1 Å². The van der Waals surface area contributed by atoms with Crippen molar-refractivity contribution in [2.24, 2.45) is 5.73 Å². The van der Waals surface area contributed by atoms with Crippen LogP contribution >= 0.6 is 0 Å². The van der Waals surface area contributed by atoms with Crippen molar-refractivity contribution in [1.82, 2.24) is 4.31 Å². The standard InChI is InChI=1S/C14H22N2O2S/c1-2-3-12-4-6-14(7-5-12)19(17,18)16-10-8-13(15)9-11-16/h4-7,13H,2-3,8-11,15H2,1H3. The third-order valence-electron chi connectivity index (χ3n) is 3.60. The summed E-state index contributed by atoms with van der Waals surface area (Å²) in [4.78, 5) is 0.392. The molecule has 1 heterocycles. The van der Waals surface area contributed by atoms with E-state index in [-0.39, 0.29) is 6.04 Å². The van der Waals surface area contributed by atoms with Crippen molar-refractivity contribution in [3.05, 3.63) is 29.8 Å². The number of nitrogens with two attached hydrogens (primary N) is 1. The number of piperidine rings is 1. The van der Waals surface area contributed by atoms with E-state index in [9.17, 15) is 8.42 Å². The third kappa shape index (κ3) is 3.35. The van der Waals surface area contributed by atoms with Gasteiger partial charge in [0.05, 0.1) is 4.90 Å². The second-order valence-corrected chi connectivity index (χ2v) is 7.07. The lowest BCUT2D eigenvalue weighted by Gasteiger charge is -2.29. The lowest BCUT2D eigenvalue weighted by molar-refractivity contribution is 0.320. The van der Waals surface area contributed by atoms with E-state index in [0.29, 0.717) is 18.0 Å². The molecule has 2 rings (SSSR count). The molecule has 1 fully saturated rings. The minimum atomic E-state index is -3.34. The van der Waals surface area contributed by atoms with Crippen LogP contribution in [0.4, 0.5) is 0 Å². The molecule has 0 bridgehead atoms. The van der Waals surface area contributed by atoms with Gasteiger partial charge in [0.15, 0.2) is 0 Å². The first-order chi connectivity index (χ1) is 9.04. The van der Waals surface area contributed by atoms with Crippen molar-refractivity contribution in [2.45, 2.75) is 43.5 Å². The Balaban J connectivity index is 2.15. The predicted molar refractivity (Wildman–Crippen MR) is 76.4 cm³/mol. The molecule has 2 N–H and O–H groups in total. The summed E-state index contributed by atoms with van der Waals surface area (Å²) in [5.41, 5.74) is 6.99. The van der Waals surface area contributed by atoms with Gasteiger partial charge in [-0.1, -0.05) is 25.5 Å². The highest BCUT2D eigenvalue weighted by molar-refractivity contribution is 7.89. The maximum atomic E-state index is 12.4. The van der Waals surface area contributed by atoms with Gasteiger partial charge in [0, 0.05) is 19.1 Å². The molecule has 106 valence electrons. The molecule has 0 spiro atoms. The zero-order valence-corrected chi connectivity index (χ0v) is 12.2. The van der Waals surface area contributed by atoms with E-state index in [4.69, 9.17) is 5.73 Å². The molecule has 0 aliphatic carbocycles. The fourth-order valence-corrected chi connectivity index (χ4v) is 3.85. The van der Waals surface area contributed by atoms with Crippen LogP contribution in [0.1, 0.15) is 31.7 Å². The number of aryl methyl sites for hydroxylation is 1. The second kappa shape index (κ2) is 6.03. The lowest BCUT2D eigenvalue weighted by Crippen LogP contribution is -2.42. The van der Waals surface area contributed by atoms with Crippen LogP contribution in [-0.2, 0) is 16.4 Å². The van der Waals surface area contributed by atoms with E-state index in [1.54, 1.807) is 16.4 Å². The summed E-state index contributed by atoms with van der Waals surface area (Å²) < 4.78 is 26.4. The van der Waals surface area contributed by atoms with E-state index >= 15 is 0 Å². The zero-order chi connectivity index (χ0) is 13.9. The first-order valence-corrected chi connectivity index (χ1v) is 8.32. The van der Waals surface area contributed by atoms with Crippen LogP contribution in [0, 0.1) is 0 Å². The maximum Gasteiger partial charge on any atom is 0.243 e. The van der Waals surface area contributed by atoms with Gasteiger partial charge in [0.25, 0.3) is 0 Å². The van der Waals surface area contributed by atoms with Crippen LogP contribution in [0.3, 0.4) is 0 Å². The molecule has 1 aliphatic heterocycles. The highest BCUT2D eigenvalue weighted by Crippen LogP contribution is 2.20. The predicted octanol–water partition coefficient (Wildman–Crippen LogP) is 1.75. The molecule has 19 heavy (non-hydrogen) atoms. The first-order valence-electron chi connectivity index (χ1n) is 6.88. The molecular formula is C14H22N2O2S. The zero-order valence-electron chi connectivity index (χ0n) is 11.4. The average molecular weight is 282 g/mol. The molecule has 1 aromatic rings. The van der Waals surface area contributed by atoms with Crippen LogP contribution in [0.15, 0.2) is 29.2 Å². The molecule has 0 atom stereocenters. The maximum absolute atomic E-state index is 12.4. The molecule has 0 aromatic heterocycles. The Morgan fingerprint density at radius 1 is 1.21 bits per heavy atom. The van der Waals surface area contributed by atoms with Gasteiger partial charge in [-0.3, -0.25) is 0 Å². The van der Waals surface area contributed by atoms with Crippen LogP contribution in [-0.4, -0.2) is 31.9 Å². The molecule has 1 saturated heterocycles. The lowest BCUT2D eigenvalue weighted by atomic mass is 10.1. The molecular weight excluding hydrogens is 260 g/mol. The minimum Gasteiger partial charge on any atom is -0.328 e. The van der Waals surface area contributed by atoms with E-state index in [0.717, 1.165) is 25.7 Å². The molecule has 5 heteroatoms. The monoisotopic (exact) mass is 282 g/mol. The van der Waals surface area contributed by atoms with E-state index in [1.165, 1.54) is 5.56 Å². The van der Waals surface area contributed by atoms with Gasteiger partial charge in [0.2, 0.25) is 10.0 Å². The van der Waals surface area contributed by atoms with Gasteiger partial charge in [0.1, 0.15) is 0 Å². The van der Waals surface area contributed by atoms with Crippen LogP contribution in [0.25, 0.3) is 0 Å². The Kier molecular flexibility index (Phi) is 4.60. The number of nitrogens with zero attached hydrogens (tertiary/aromatic N) is 1. The molecule has 0 unspecified atom stereocenters. The average Bonchev–Trinajstić information content (AvgIpc) is 2.40. The fourth-order valence-electron chi connectivity index (χ4n) is 2.38. The van der Waals surface area contributed by atoms with Gasteiger partial charge in [-0.15, -0.1) is 0 Å². The van der Waals surface area contributed by atoms with E-state index in [1.807, 2.05) is 12.1 Å². The quantitative estimate of drug-likeness (QED) is 0.915.